The van der Waals surface area contributed by atoms with Gasteiger partial charge in [-0.05, 0) is 19.8 Å². The van der Waals surface area contributed by atoms with Gasteiger partial charge >= 0.3 is 12.0 Å². The Bertz CT molecular complexity index is 497. The molecule has 20 heavy (non-hydrogen) atoms. The van der Waals surface area contributed by atoms with Gasteiger partial charge in [-0.25, -0.2) is 14.6 Å². The zero-order valence-corrected chi connectivity index (χ0v) is 12.0. The van der Waals surface area contributed by atoms with Gasteiger partial charge in [0, 0.05) is 12.0 Å². The van der Waals surface area contributed by atoms with Crippen molar-refractivity contribution < 1.29 is 19.4 Å². The van der Waals surface area contributed by atoms with Gasteiger partial charge in [0.05, 0.1) is 18.7 Å². The molecule has 110 valence electrons. The molecule has 2 heterocycles. The molecule has 2 amide bonds. The van der Waals surface area contributed by atoms with Crippen molar-refractivity contribution in [2.24, 2.45) is 0 Å². The Morgan fingerprint density at radius 2 is 2.40 bits per heavy atom. The molecule has 7 nitrogen and oxygen atoms in total. The van der Waals surface area contributed by atoms with Crippen LogP contribution in [0, 0.1) is 0 Å². The summed E-state index contributed by atoms with van der Waals surface area (Å²) in [6, 6.07) is -0.301. The highest BCUT2D eigenvalue weighted by Gasteiger charge is 2.29. The van der Waals surface area contributed by atoms with Gasteiger partial charge in [0.25, 0.3) is 0 Å². The zero-order chi connectivity index (χ0) is 14.6. The lowest BCUT2D eigenvalue weighted by Gasteiger charge is -2.34. The maximum Gasteiger partial charge on any atom is 0.355 e. The average molecular weight is 299 g/mol. The van der Waals surface area contributed by atoms with Crippen LogP contribution in [0.25, 0.3) is 0 Å². The summed E-state index contributed by atoms with van der Waals surface area (Å²) in [7, 11) is 0. The summed E-state index contributed by atoms with van der Waals surface area (Å²) in [5.74, 6) is -1.07. The van der Waals surface area contributed by atoms with Crippen molar-refractivity contribution in [3.8, 4) is 0 Å². The van der Waals surface area contributed by atoms with Crippen molar-refractivity contribution in [3.63, 3.8) is 0 Å². The molecule has 1 unspecified atom stereocenters. The van der Waals surface area contributed by atoms with Gasteiger partial charge in [-0.2, -0.15) is 0 Å². The van der Waals surface area contributed by atoms with Crippen LogP contribution >= 0.6 is 11.3 Å². The standard InChI is InChI=1S/C12H17N3O4S/c1-12(3-2-4-19-7-12)15-11(18)13-5-9-14-8(6-20-9)10(16)17/h6H,2-5,7H2,1H3,(H,16,17)(H2,13,15,18). The summed E-state index contributed by atoms with van der Waals surface area (Å²) in [6.45, 7) is 3.38. The first-order valence-corrected chi connectivity index (χ1v) is 7.18. The Kier molecular flexibility index (Phi) is 4.56. The number of amides is 2. The third-order valence-electron chi connectivity index (χ3n) is 3.02. The average Bonchev–Trinajstić information content (AvgIpc) is 2.85. The molecule has 8 heteroatoms. The molecule has 1 fully saturated rings. The van der Waals surface area contributed by atoms with Crippen LogP contribution in [-0.2, 0) is 11.3 Å². The number of hydrogen-bond donors (Lipinski definition) is 3. The second kappa shape index (κ2) is 6.19. The number of aromatic carboxylic acids is 1. The molecular weight excluding hydrogens is 282 g/mol. The van der Waals surface area contributed by atoms with Crippen LogP contribution in [0.3, 0.4) is 0 Å². The fourth-order valence-corrected chi connectivity index (χ4v) is 2.70. The Morgan fingerprint density at radius 1 is 1.60 bits per heavy atom. The molecule has 1 aromatic heterocycles. The Labute approximate surface area is 120 Å². The number of hydrogen-bond acceptors (Lipinski definition) is 5. The van der Waals surface area contributed by atoms with E-state index in [-0.39, 0.29) is 23.8 Å². The highest BCUT2D eigenvalue weighted by atomic mass is 32.1. The number of aromatic nitrogens is 1. The number of ether oxygens (including phenoxy) is 1. The number of rotatable bonds is 4. The molecule has 2 rings (SSSR count). The van der Waals surface area contributed by atoms with Gasteiger partial charge in [0.15, 0.2) is 5.69 Å². The van der Waals surface area contributed by atoms with E-state index in [0.29, 0.717) is 11.6 Å². The largest absolute Gasteiger partial charge is 0.476 e. The number of carbonyl (C=O) groups excluding carboxylic acids is 1. The molecule has 0 bridgehead atoms. The molecule has 1 aromatic rings. The Hall–Kier alpha value is -1.67. The third kappa shape index (κ3) is 3.91. The molecule has 0 radical (unpaired) electrons. The van der Waals surface area contributed by atoms with Crippen molar-refractivity contribution in [2.75, 3.05) is 13.2 Å². The molecule has 0 aromatic carbocycles. The number of nitrogens with zero attached hydrogens (tertiary/aromatic N) is 1. The maximum atomic E-state index is 11.8. The van der Waals surface area contributed by atoms with Crippen LogP contribution in [0.1, 0.15) is 35.3 Å². The highest BCUT2D eigenvalue weighted by Crippen LogP contribution is 2.18. The summed E-state index contributed by atoms with van der Waals surface area (Å²) in [5.41, 5.74) is -0.350. The first-order chi connectivity index (χ1) is 9.48. The summed E-state index contributed by atoms with van der Waals surface area (Å²) in [4.78, 5) is 26.4. The number of carboxylic acid groups (broad SMARTS) is 1. The first-order valence-electron chi connectivity index (χ1n) is 6.30. The number of thiazole rings is 1. The molecule has 1 aliphatic rings. The van der Waals surface area contributed by atoms with Crippen LogP contribution in [0.4, 0.5) is 4.79 Å². The molecule has 1 saturated heterocycles. The van der Waals surface area contributed by atoms with Gasteiger partial charge < -0.3 is 20.5 Å². The highest BCUT2D eigenvalue weighted by molar-refractivity contribution is 7.09. The molecule has 0 spiro atoms. The van der Waals surface area contributed by atoms with E-state index in [4.69, 9.17) is 9.84 Å². The topological polar surface area (TPSA) is 101 Å². The normalized spacial score (nSPS) is 22.2. The van der Waals surface area contributed by atoms with E-state index in [2.05, 4.69) is 15.6 Å². The maximum absolute atomic E-state index is 11.8. The molecule has 0 saturated carbocycles. The molecular formula is C12H17N3O4S. The fourth-order valence-electron chi connectivity index (χ4n) is 2.00. The summed E-state index contributed by atoms with van der Waals surface area (Å²) in [6.07, 6.45) is 1.80. The number of carbonyl (C=O) groups is 2. The minimum absolute atomic E-state index is 0.000138. The summed E-state index contributed by atoms with van der Waals surface area (Å²) < 4.78 is 5.36. The summed E-state index contributed by atoms with van der Waals surface area (Å²) >= 11 is 1.21. The van der Waals surface area contributed by atoms with Crippen molar-refractivity contribution in [1.82, 2.24) is 15.6 Å². The molecule has 1 aliphatic heterocycles. The van der Waals surface area contributed by atoms with Gasteiger partial charge in [-0.3, -0.25) is 0 Å². The molecule has 1 atom stereocenters. The van der Waals surface area contributed by atoms with Crippen molar-refractivity contribution in [1.29, 1.82) is 0 Å². The van der Waals surface area contributed by atoms with Gasteiger partial charge in [0.2, 0.25) is 0 Å². The lowest BCUT2D eigenvalue weighted by atomic mass is 9.95. The predicted octanol–water partition coefficient (Wildman–Crippen LogP) is 1.21. The van der Waals surface area contributed by atoms with Crippen LogP contribution in [0.5, 0.6) is 0 Å². The molecule has 3 N–H and O–H groups in total. The van der Waals surface area contributed by atoms with Gasteiger partial charge in [0.1, 0.15) is 5.01 Å². The predicted molar refractivity (Wildman–Crippen MR) is 72.9 cm³/mol. The van der Waals surface area contributed by atoms with Crippen LogP contribution < -0.4 is 10.6 Å². The first kappa shape index (κ1) is 14.7. The zero-order valence-electron chi connectivity index (χ0n) is 11.1. The van der Waals surface area contributed by atoms with E-state index < -0.39 is 5.97 Å². The number of nitrogens with one attached hydrogen (secondary N) is 2. The quantitative estimate of drug-likeness (QED) is 0.776. The van der Waals surface area contributed by atoms with E-state index in [1.807, 2.05) is 6.92 Å². The summed E-state index contributed by atoms with van der Waals surface area (Å²) in [5, 5.41) is 16.3. The minimum atomic E-state index is -1.07. The SMILES string of the molecule is CC1(NC(=O)NCc2nc(C(=O)O)cs2)CCCOC1. The van der Waals surface area contributed by atoms with Crippen molar-refractivity contribution in [2.45, 2.75) is 31.8 Å². The minimum Gasteiger partial charge on any atom is -0.476 e. The van der Waals surface area contributed by atoms with Crippen molar-refractivity contribution >= 4 is 23.3 Å². The molecule has 0 aliphatic carbocycles. The van der Waals surface area contributed by atoms with E-state index in [1.54, 1.807) is 0 Å². The number of urea groups is 1. The number of carboxylic acids is 1. The Morgan fingerprint density at radius 3 is 3.00 bits per heavy atom. The second-order valence-corrected chi connectivity index (χ2v) is 5.90. The van der Waals surface area contributed by atoms with E-state index >= 15 is 0 Å². The lowest BCUT2D eigenvalue weighted by molar-refractivity contribution is 0.0333. The van der Waals surface area contributed by atoms with Crippen LogP contribution in [0.15, 0.2) is 5.38 Å². The van der Waals surface area contributed by atoms with Crippen LogP contribution in [-0.4, -0.2) is 40.8 Å². The lowest BCUT2D eigenvalue weighted by Crippen LogP contribution is -2.54. The van der Waals surface area contributed by atoms with E-state index in [1.165, 1.54) is 16.7 Å². The third-order valence-corrected chi connectivity index (χ3v) is 3.87. The second-order valence-electron chi connectivity index (χ2n) is 4.96. The van der Waals surface area contributed by atoms with Gasteiger partial charge in [-0.15, -0.1) is 11.3 Å². The van der Waals surface area contributed by atoms with Crippen molar-refractivity contribution in [3.05, 3.63) is 16.1 Å². The van der Waals surface area contributed by atoms with Gasteiger partial charge in [-0.1, -0.05) is 0 Å². The van der Waals surface area contributed by atoms with Crippen LogP contribution in [0.2, 0.25) is 0 Å². The van der Waals surface area contributed by atoms with E-state index in [0.717, 1.165) is 19.4 Å². The Balaban J connectivity index is 1.80. The fraction of sp³-hybridized carbons (Fsp3) is 0.583. The smallest absolute Gasteiger partial charge is 0.355 e. The monoisotopic (exact) mass is 299 g/mol. The van der Waals surface area contributed by atoms with E-state index in [9.17, 15) is 9.59 Å².